The van der Waals surface area contributed by atoms with Gasteiger partial charge in [-0.2, -0.15) is 0 Å². The second-order valence-corrected chi connectivity index (χ2v) is 9.60. The van der Waals surface area contributed by atoms with Crippen LogP contribution in [0.25, 0.3) is 0 Å². The highest BCUT2D eigenvalue weighted by molar-refractivity contribution is 5.94. The zero-order chi connectivity index (χ0) is 24.1. The molecule has 3 heterocycles. The number of amides is 2. The highest BCUT2D eigenvalue weighted by Crippen LogP contribution is 2.31. The number of ether oxygens (including phenoxy) is 1. The summed E-state index contributed by atoms with van der Waals surface area (Å²) >= 11 is 0. The molecule has 0 radical (unpaired) electrons. The highest BCUT2D eigenvalue weighted by atomic mass is 16.5. The molecule has 2 aliphatic rings. The maximum Gasteiger partial charge on any atom is 0.253 e. The van der Waals surface area contributed by atoms with E-state index in [1.165, 1.54) is 5.56 Å². The monoisotopic (exact) mass is 472 g/mol. The van der Waals surface area contributed by atoms with E-state index in [2.05, 4.69) is 17.1 Å². The number of benzene rings is 2. The van der Waals surface area contributed by atoms with Crippen molar-refractivity contribution < 1.29 is 14.3 Å². The summed E-state index contributed by atoms with van der Waals surface area (Å²) < 4.78 is 8.15. The van der Waals surface area contributed by atoms with Crippen molar-refractivity contribution in [3.8, 4) is 0 Å². The molecule has 3 aromatic rings. The molecule has 0 aliphatic carbocycles. The van der Waals surface area contributed by atoms with Gasteiger partial charge in [-0.15, -0.1) is 0 Å². The van der Waals surface area contributed by atoms with Gasteiger partial charge in [-0.1, -0.05) is 42.5 Å². The maximum atomic E-state index is 13.4. The minimum atomic E-state index is -0.372. The molecule has 1 atom stereocenters. The van der Waals surface area contributed by atoms with Crippen molar-refractivity contribution in [3.63, 3.8) is 0 Å². The van der Waals surface area contributed by atoms with Crippen LogP contribution in [0.4, 0.5) is 0 Å². The third-order valence-electron chi connectivity index (χ3n) is 7.13. The first-order valence-corrected chi connectivity index (χ1v) is 12.4. The number of hydrogen-bond acceptors (Lipinski definition) is 4. The SMILES string of the molecule is O=C1CO[C@]2(CCCN(C(=O)c3cccc(Cn4ccnc4)c3)CC2)CN1CCc1ccccc1. The number of hydrogen-bond donors (Lipinski definition) is 0. The predicted octanol–water partition coefficient (Wildman–Crippen LogP) is 3.40. The standard InChI is InChI=1S/C28H32N4O3/c33-26-20-35-28(21-32(26)15-10-23-6-2-1-3-7-23)11-5-14-31(16-12-28)27(34)25-9-4-8-24(18-25)19-30-17-13-29-22-30/h1-4,6-9,13,17-18,22H,5,10-12,14-16,19-21H2/t28-/m0/s1. The van der Waals surface area contributed by atoms with Gasteiger partial charge in [0, 0.05) is 50.7 Å². The molecule has 0 saturated carbocycles. The van der Waals surface area contributed by atoms with Gasteiger partial charge in [0.15, 0.2) is 0 Å². The minimum Gasteiger partial charge on any atom is -0.363 e. The maximum absolute atomic E-state index is 13.4. The molecule has 0 bridgehead atoms. The van der Waals surface area contributed by atoms with Crippen LogP contribution in [0.15, 0.2) is 73.3 Å². The molecule has 2 aliphatic heterocycles. The van der Waals surface area contributed by atoms with Gasteiger partial charge in [0.2, 0.25) is 5.91 Å². The van der Waals surface area contributed by atoms with E-state index in [-0.39, 0.29) is 24.0 Å². The molecular formula is C28H32N4O3. The molecule has 5 rings (SSSR count). The van der Waals surface area contributed by atoms with E-state index >= 15 is 0 Å². The van der Waals surface area contributed by atoms with Crippen LogP contribution in [0.3, 0.4) is 0 Å². The van der Waals surface area contributed by atoms with Crippen LogP contribution in [-0.4, -0.2) is 69.6 Å². The summed E-state index contributed by atoms with van der Waals surface area (Å²) in [6.45, 7) is 3.43. The lowest BCUT2D eigenvalue weighted by atomic mass is 9.92. The quantitative estimate of drug-likeness (QED) is 0.552. The fourth-order valence-corrected chi connectivity index (χ4v) is 5.15. The molecule has 2 fully saturated rings. The van der Waals surface area contributed by atoms with Crippen molar-refractivity contribution in [2.24, 2.45) is 0 Å². The summed E-state index contributed by atoms with van der Waals surface area (Å²) in [6.07, 6.45) is 8.74. The number of carbonyl (C=O) groups is 2. The summed E-state index contributed by atoms with van der Waals surface area (Å²) in [5.41, 5.74) is 2.64. The van der Waals surface area contributed by atoms with Gasteiger partial charge in [-0.3, -0.25) is 9.59 Å². The molecule has 1 aromatic heterocycles. The van der Waals surface area contributed by atoms with E-state index in [0.29, 0.717) is 38.3 Å². The number of aromatic nitrogens is 2. The predicted molar refractivity (Wildman–Crippen MR) is 133 cm³/mol. The first-order chi connectivity index (χ1) is 17.1. The Kier molecular flexibility index (Phi) is 6.95. The van der Waals surface area contributed by atoms with Gasteiger partial charge in [0.05, 0.1) is 11.9 Å². The number of nitrogens with zero attached hydrogens (tertiary/aromatic N) is 4. The molecule has 1 spiro atoms. The highest BCUT2D eigenvalue weighted by Gasteiger charge is 2.41. The first kappa shape index (κ1) is 23.3. The third-order valence-corrected chi connectivity index (χ3v) is 7.13. The largest absolute Gasteiger partial charge is 0.363 e. The Labute approximate surface area is 206 Å². The van der Waals surface area contributed by atoms with Gasteiger partial charge in [-0.25, -0.2) is 4.98 Å². The Morgan fingerprint density at radius 1 is 1.03 bits per heavy atom. The molecule has 2 saturated heterocycles. The Morgan fingerprint density at radius 3 is 2.71 bits per heavy atom. The van der Waals surface area contributed by atoms with E-state index in [4.69, 9.17) is 4.74 Å². The van der Waals surface area contributed by atoms with E-state index in [9.17, 15) is 9.59 Å². The summed E-state index contributed by atoms with van der Waals surface area (Å²) in [7, 11) is 0. The zero-order valence-electron chi connectivity index (χ0n) is 20.0. The van der Waals surface area contributed by atoms with Gasteiger partial charge >= 0.3 is 0 Å². The van der Waals surface area contributed by atoms with Crippen molar-refractivity contribution in [2.75, 3.05) is 32.8 Å². The van der Waals surface area contributed by atoms with Crippen molar-refractivity contribution in [3.05, 3.63) is 90.0 Å². The van der Waals surface area contributed by atoms with E-state index < -0.39 is 0 Å². The van der Waals surface area contributed by atoms with E-state index in [0.717, 1.165) is 31.2 Å². The molecule has 35 heavy (non-hydrogen) atoms. The Morgan fingerprint density at radius 2 is 1.89 bits per heavy atom. The van der Waals surface area contributed by atoms with Gasteiger partial charge in [0.25, 0.3) is 5.91 Å². The van der Waals surface area contributed by atoms with Crippen LogP contribution in [0.5, 0.6) is 0 Å². The second kappa shape index (κ2) is 10.4. The zero-order valence-corrected chi connectivity index (χ0v) is 20.0. The second-order valence-electron chi connectivity index (χ2n) is 9.60. The summed E-state index contributed by atoms with van der Waals surface area (Å²) in [4.78, 5) is 33.9. The lowest BCUT2D eigenvalue weighted by molar-refractivity contribution is -0.165. The Hall–Kier alpha value is -3.45. The first-order valence-electron chi connectivity index (χ1n) is 12.4. The summed E-state index contributed by atoms with van der Waals surface area (Å²) in [5, 5.41) is 0. The fourth-order valence-electron chi connectivity index (χ4n) is 5.15. The molecule has 0 N–H and O–H groups in total. The van der Waals surface area contributed by atoms with Crippen molar-refractivity contribution >= 4 is 11.8 Å². The molecule has 7 heteroatoms. The fraction of sp³-hybridized carbons (Fsp3) is 0.393. The topological polar surface area (TPSA) is 67.7 Å². The Bertz CT molecular complexity index is 1150. The lowest BCUT2D eigenvalue weighted by Gasteiger charge is -2.42. The number of likely N-dealkylation sites (tertiary alicyclic amines) is 1. The molecule has 2 amide bonds. The van der Waals surface area contributed by atoms with Crippen LogP contribution < -0.4 is 0 Å². The molecule has 2 aromatic carbocycles. The van der Waals surface area contributed by atoms with E-state index in [1.807, 2.05) is 63.0 Å². The normalized spacial score (nSPS) is 20.7. The molecule has 7 nitrogen and oxygen atoms in total. The molecule has 0 unspecified atom stereocenters. The summed E-state index contributed by atoms with van der Waals surface area (Å²) in [5.74, 6) is 0.112. The van der Waals surface area contributed by atoms with Crippen LogP contribution in [-0.2, 0) is 22.5 Å². The number of rotatable bonds is 6. The van der Waals surface area contributed by atoms with Crippen LogP contribution in [0, 0.1) is 0 Å². The number of carbonyl (C=O) groups excluding carboxylic acids is 2. The van der Waals surface area contributed by atoms with Crippen LogP contribution >= 0.6 is 0 Å². The Balaban J connectivity index is 1.21. The van der Waals surface area contributed by atoms with Crippen molar-refractivity contribution in [1.82, 2.24) is 19.4 Å². The molecular weight excluding hydrogens is 440 g/mol. The van der Waals surface area contributed by atoms with Gasteiger partial charge in [0.1, 0.15) is 6.61 Å². The van der Waals surface area contributed by atoms with E-state index in [1.54, 1.807) is 12.5 Å². The average molecular weight is 473 g/mol. The van der Waals surface area contributed by atoms with Gasteiger partial charge < -0.3 is 19.1 Å². The van der Waals surface area contributed by atoms with Crippen LogP contribution in [0.1, 0.15) is 40.7 Å². The average Bonchev–Trinajstić information content (AvgIpc) is 3.31. The lowest BCUT2D eigenvalue weighted by Crippen LogP contribution is -2.55. The van der Waals surface area contributed by atoms with Crippen molar-refractivity contribution in [1.29, 1.82) is 0 Å². The minimum absolute atomic E-state index is 0.0541. The van der Waals surface area contributed by atoms with Gasteiger partial charge in [-0.05, 0) is 48.9 Å². The smallest absolute Gasteiger partial charge is 0.253 e. The number of morpholine rings is 1. The number of imidazole rings is 1. The van der Waals surface area contributed by atoms with Crippen LogP contribution in [0.2, 0.25) is 0 Å². The third kappa shape index (κ3) is 5.62. The summed E-state index contributed by atoms with van der Waals surface area (Å²) in [6, 6.07) is 18.1. The molecule has 182 valence electrons. The van der Waals surface area contributed by atoms with Crippen molar-refractivity contribution in [2.45, 2.75) is 37.8 Å².